The highest BCUT2D eigenvalue weighted by atomic mass is 79.9. The minimum atomic E-state index is 0.245. The third kappa shape index (κ3) is 3.81. The van der Waals surface area contributed by atoms with E-state index in [2.05, 4.69) is 42.8 Å². The topological polar surface area (TPSA) is 101 Å². The zero-order valence-corrected chi connectivity index (χ0v) is 15.7. The fourth-order valence-electron chi connectivity index (χ4n) is 2.38. The van der Waals surface area contributed by atoms with E-state index in [1.54, 1.807) is 19.5 Å². The van der Waals surface area contributed by atoms with Gasteiger partial charge in [0.15, 0.2) is 17.0 Å². The van der Waals surface area contributed by atoms with E-state index >= 15 is 0 Å². The molecule has 9 heteroatoms. The van der Waals surface area contributed by atoms with Gasteiger partial charge in [0.05, 0.1) is 20.3 Å². The molecule has 3 aromatic heterocycles. The number of nitrogens with two attached hydrogens (primary N) is 1. The van der Waals surface area contributed by atoms with Crippen molar-refractivity contribution in [3.05, 3.63) is 28.5 Å². The van der Waals surface area contributed by atoms with Crippen molar-refractivity contribution < 1.29 is 9.47 Å². The van der Waals surface area contributed by atoms with Crippen LogP contribution in [0, 0.1) is 0 Å². The van der Waals surface area contributed by atoms with Crippen molar-refractivity contribution in [2.75, 3.05) is 19.5 Å². The van der Waals surface area contributed by atoms with E-state index in [0.717, 1.165) is 22.9 Å². The van der Waals surface area contributed by atoms with Gasteiger partial charge in [0.1, 0.15) is 0 Å². The van der Waals surface area contributed by atoms with Crippen molar-refractivity contribution in [1.29, 1.82) is 0 Å². The summed E-state index contributed by atoms with van der Waals surface area (Å²) >= 11 is 3.43. The average Bonchev–Trinajstić information content (AvgIpc) is 2.94. The Morgan fingerprint density at radius 3 is 2.80 bits per heavy atom. The average molecular weight is 407 g/mol. The van der Waals surface area contributed by atoms with E-state index in [1.807, 2.05) is 10.6 Å². The summed E-state index contributed by atoms with van der Waals surface area (Å²) in [5.41, 5.74) is 8.06. The normalized spacial score (nSPS) is 11.0. The number of fused-ring (bicyclic) bond motifs is 1. The van der Waals surface area contributed by atoms with Crippen LogP contribution in [0.15, 0.2) is 22.9 Å². The standard InChI is InChI=1S/C16H19BrN6O2/c1-3-4-5-25-15-21-13(18)12-14(22-15)23(16(20-12)24-2)9-10-6-11(17)8-19-7-10/h6-8H,3-5,9H2,1-2H3,(H2,18,21,22). The minimum absolute atomic E-state index is 0.245. The minimum Gasteiger partial charge on any atom is -0.468 e. The van der Waals surface area contributed by atoms with Crippen molar-refractivity contribution in [3.8, 4) is 12.0 Å². The van der Waals surface area contributed by atoms with Crippen LogP contribution in [-0.4, -0.2) is 38.2 Å². The van der Waals surface area contributed by atoms with Gasteiger partial charge in [-0.25, -0.2) is 0 Å². The fourth-order valence-corrected chi connectivity index (χ4v) is 2.79. The number of hydrogen-bond donors (Lipinski definition) is 1. The molecule has 25 heavy (non-hydrogen) atoms. The number of ether oxygens (including phenoxy) is 2. The summed E-state index contributed by atoms with van der Waals surface area (Å²) in [6.45, 7) is 3.12. The molecule has 3 heterocycles. The summed E-state index contributed by atoms with van der Waals surface area (Å²) in [5.74, 6) is 0.265. The first kappa shape index (κ1) is 17.4. The van der Waals surface area contributed by atoms with E-state index in [0.29, 0.717) is 30.3 Å². The summed E-state index contributed by atoms with van der Waals surface area (Å²) in [4.78, 5) is 17.2. The van der Waals surface area contributed by atoms with Crippen molar-refractivity contribution in [1.82, 2.24) is 24.5 Å². The molecule has 0 aliphatic heterocycles. The molecule has 0 saturated carbocycles. The van der Waals surface area contributed by atoms with Gasteiger partial charge < -0.3 is 15.2 Å². The molecule has 132 valence electrons. The fraction of sp³-hybridized carbons (Fsp3) is 0.375. The lowest BCUT2D eigenvalue weighted by Crippen LogP contribution is -2.07. The van der Waals surface area contributed by atoms with Crippen molar-refractivity contribution in [2.24, 2.45) is 0 Å². The van der Waals surface area contributed by atoms with Gasteiger partial charge >= 0.3 is 6.01 Å². The maximum Gasteiger partial charge on any atom is 0.320 e. The van der Waals surface area contributed by atoms with Gasteiger partial charge in [-0.1, -0.05) is 13.3 Å². The van der Waals surface area contributed by atoms with Crippen molar-refractivity contribution in [3.63, 3.8) is 0 Å². The van der Waals surface area contributed by atoms with E-state index in [9.17, 15) is 0 Å². The highest BCUT2D eigenvalue weighted by molar-refractivity contribution is 9.10. The number of hydrogen-bond acceptors (Lipinski definition) is 7. The second-order valence-corrected chi connectivity index (χ2v) is 6.38. The molecular weight excluding hydrogens is 388 g/mol. The third-order valence-electron chi connectivity index (χ3n) is 3.58. The van der Waals surface area contributed by atoms with Crippen LogP contribution >= 0.6 is 15.9 Å². The van der Waals surface area contributed by atoms with Crippen LogP contribution in [-0.2, 0) is 6.54 Å². The molecule has 3 rings (SSSR count). The molecule has 0 spiro atoms. The molecule has 0 aliphatic carbocycles. The Balaban J connectivity index is 2.02. The third-order valence-corrected chi connectivity index (χ3v) is 4.01. The number of aromatic nitrogens is 5. The zero-order valence-electron chi connectivity index (χ0n) is 14.1. The van der Waals surface area contributed by atoms with E-state index in [1.165, 1.54) is 0 Å². The summed E-state index contributed by atoms with van der Waals surface area (Å²) in [6, 6.07) is 2.62. The number of nitrogen functional groups attached to an aromatic ring is 1. The first-order valence-corrected chi connectivity index (χ1v) is 8.71. The van der Waals surface area contributed by atoms with Gasteiger partial charge in [-0.15, -0.1) is 0 Å². The van der Waals surface area contributed by atoms with Crippen LogP contribution in [0.4, 0.5) is 5.82 Å². The number of halogens is 1. The summed E-state index contributed by atoms with van der Waals surface area (Å²) < 4.78 is 13.7. The highest BCUT2D eigenvalue weighted by Gasteiger charge is 2.18. The number of unbranched alkanes of at least 4 members (excludes halogenated alkanes) is 1. The second-order valence-electron chi connectivity index (χ2n) is 5.46. The highest BCUT2D eigenvalue weighted by Crippen LogP contribution is 2.26. The van der Waals surface area contributed by atoms with Crippen LogP contribution < -0.4 is 15.2 Å². The summed E-state index contributed by atoms with van der Waals surface area (Å²) in [7, 11) is 1.55. The number of methoxy groups -OCH3 is 1. The molecule has 0 radical (unpaired) electrons. The molecule has 3 aromatic rings. The Morgan fingerprint density at radius 2 is 2.08 bits per heavy atom. The Kier molecular flexibility index (Phi) is 5.32. The first-order chi connectivity index (χ1) is 12.1. The van der Waals surface area contributed by atoms with Gasteiger partial charge in [0.25, 0.3) is 6.01 Å². The van der Waals surface area contributed by atoms with Crippen molar-refractivity contribution in [2.45, 2.75) is 26.3 Å². The van der Waals surface area contributed by atoms with Crippen molar-refractivity contribution >= 4 is 32.9 Å². The summed E-state index contributed by atoms with van der Waals surface area (Å²) in [5, 5.41) is 0. The Labute approximate surface area is 153 Å². The van der Waals surface area contributed by atoms with Crippen LogP contribution in [0.1, 0.15) is 25.3 Å². The van der Waals surface area contributed by atoms with Gasteiger partial charge in [0.2, 0.25) is 0 Å². The number of anilines is 1. The van der Waals surface area contributed by atoms with E-state index in [-0.39, 0.29) is 11.8 Å². The maximum absolute atomic E-state index is 6.03. The largest absolute Gasteiger partial charge is 0.468 e. The van der Waals surface area contributed by atoms with Crippen LogP contribution in [0.2, 0.25) is 0 Å². The van der Waals surface area contributed by atoms with Gasteiger partial charge in [0, 0.05) is 16.9 Å². The Bertz CT molecular complexity index is 882. The van der Waals surface area contributed by atoms with Gasteiger partial charge in [-0.05, 0) is 34.0 Å². The molecular formula is C16H19BrN6O2. The molecule has 0 unspecified atom stereocenters. The molecule has 8 nitrogen and oxygen atoms in total. The Morgan fingerprint density at radius 1 is 1.24 bits per heavy atom. The predicted molar refractivity (Wildman–Crippen MR) is 97.7 cm³/mol. The molecule has 0 saturated heterocycles. The lowest BCUT2D eigenvalue weighted by atomic mass is 10.3. The molecule has 0 fully saturated rings. The smallest absolute Gasteiger partial charge is 0.320 e. The first-order valence-electron chi connectivity index (χ1n) is 7.92. The molecule has 0 amide bonds. The van der Waals surface area contributed by atoms with Crippen LogP contribution in [0.5, 0.6) is 12.0 Å². The number of nitrogens with zero attached hydrogens (tertiary/aromatic N) is 5. The lowest BCUT2D eigenvalue weighted by Gasteiger charge is -2.08. The monoisotopic (exact) mass is 406 g/mol. The molecule has 0 bridgehead atoms. The quantitative estimate of drug-likeness (QED) is 0.601. The second kappa shape index (κ2) is 7.64. The van der Waals surface area contributed by atoms with E-state index in [4.69, 9.17) is 15.2 Å². The summed E-state index contributed by atoms with van der Waals surface area (Å²) in [6.07, 6.45) is 5.46. The molecule has 0 aromatic carbocycles. The molecule has 0 aliphatic rings. The molecule has 0 atom stereocenters. The van der Waals surface area contributed by atoms with E-state index < -0.39 is 0 Å². The Hall–Kier alpha value is -2.42. The number of rotatable bonds is 7. The lowest BCUT2D eigenvalue weighted by molar-refractivity contribution is 0.286. The van der Waals surface area contributed by atoms with Gasteiger partial charge in [-0.3, -0.25) is 9.55 Å². The number of imidazole rings is 1. The zero-order chi connectivity index (χ0) is 17.8. The van der Waals surface area contributed by atoms with Crippen LogP contribution in [0.3, 0.4) is 0 Å². The predicted octanol–water partition coefficient (Wildman–Crippen LogP) is 2.80. The molecule has 2 N–H and O–H groups in total. The SMILES string of the molecule is CCCCOc1nc(N)c2nc(OC)n(Cc3cncc(Br)c3)c2n1. The maximum atomic E-state index is 6.03. The van der Waals surface area contributed by atoms with Gasteiger partial charge in [-0.2, -0.15) is 15.0 Å². The van der Waals surface area contributed by atoms with Crippen LogP contribution in [0.25, 0.3) is 11.2 Å². The number of pyridine rings is 1.